The van der Waals surface area contributed by atoms with E-state index in [1.165, 1.54) is 12.8 Å². The molecule has 0 bridgehead atoms. The van der Waals surface area contributed by atoms with E-state index in [0.717, 1.165) is 23.6 Å². The van der Waals surface area contributed by atoms with Crippen LogP contribution in [0.4, 0.5) is 0 Å². The van der Waals surface area contributed by atoms with Crippen molar-refractivity contribution in [1.29, 1.82) is 0 Å². The molecule has 1 atom stereocenters. The first kappa shape index (κ1) is 11.6. The van der Waals surface area contributed by atoms with Crippen molar-refractivity contribution in [3.8, 4) is 0 Å². The van der Waals surface area contributed by atoms with Crippen molar-refractivity contribution >= 4 is 15.9 Å². The van der Waals surface area contributed by atoms with Crippen molar-refractivity contribution in [3.63, 3.8) is 0 Å². The first-order chi connectivity index (χ1) is 6.61. The number of hydrogen-bond acceptors (Lipinski definition) is 2. The Hall–Kier alpha value is -0.440. The highest BCUT2D eigenvalue weighted by molar-refractivity contribution is 9.09. The van der Waals surface area contributed by atoms with Gasteiger partial charge in [-0.15, -0.1) is 0 Å². The summed E-state index contributed by atoms with van der Waals surface area (Å²) in [5, 5.41) is 0. The quantitative estimate of drug-likeness (QED) is 0.774. The molecule has 0 saturated carbocycles. The summed E-state index contributed by atoms with van der Waals surface area (Å²) in [6, 6.07) is 2.01. The number of aromatic nitrogens is 2. The smallest absolute Gasteiger partial charge is 0.129 e. The molecule has 0 fully saturated rings. The highest BCUT2D eigenvalue weighted by Crippen LogP contribution is 2.13. The molecule has 0 N–H and O–H groups in total. The number of rotatable bonds is 4. The summed E-state index contributed by atoms with van der Waals surface area (Å²) in [6.45, 7) is 6.22. The highest BCUT2D eigenvalue weighted by Gasteiger charge is 2.07. The maximum Gasteiger partial charge on any atom is 0.129 e. The molecule has 0 saturated heterocycles. The fraction of sp³-hybridized carbons (Fsp3) is 0.636. The number of hydrogen-bond donors (Lipinski definition) is 0. The van der Waals surface area contributed by atoms with E-state index in [2.05, 4.69) is 32.8 Å². The summed E-state index contributed by atoms with van der Waals surface area (Å²) >= 11 is 3.64. The van der Waals surface area contributed by atoms with Crippen LogP contribution in [0.2, 0.25) is 0 Å². The molecule has 0 spiro atoms. The molecule has 0 aliphatic rings. The van der Waals surface area contributed by atoms with Crippen LogP contribution in [0.1, 0.15) is 37.0 Å². The minimum atomic E-state index is 0.508. The molecule has 3 heteroatoms. The first-order valence-electron chi connectivity index (χ1n) is 5.07. The van der Waals surface area contributed by atoms with Crippen LogP contribution in [0.15, 0.2) is 6.07 Å². The highest BCUT2D eigenvalue weighted by atomic mass is 79.9. The van der Waals surface area contributed by atoms with Crippen LogP contribution in [0.5, 0.6) is 0 Å². The van der Waals surface area contributed by atoms with Crippen LogP contribution in [0.25, 0.3) is 0 Å². The van der Waals surface area contributed by atoms with Gasteiger partial charge in [-0.25, -0.2) is 9.97 Å². The van der Waals surface area contributed by atoms with E-state index in [1.54, 1.807) is 0 Å². The Balaban J connectivity index is 2.66. The summed E-state index contributed by atoms with van der Waals surface area (Å²) in [6.07, 6.45) is 3.30. The Morgan fingerprint density at radius 3 is 2.36 bits per heavy atom. The Morgan fingerprint density at radius 1 is 1.29 bits per heavy atom. The second kappa shape index (κ2) is 5.44. The summed E-state index contributed by atoms with van der Waals surface area (Å²) in [7, 11) is 0. The van der Waals surface area contributed by atoms with E-state index < -0.39 is 0 Å². The van der Waals surface area contributed by atoms with Crippen molar-refractivity contribution in [1.82, 2.24) is 9.97 Å². The molecular weight excluding hydrogens is 240 g/mol. The Labute approximate surface area is 94.3 Å². The minimum Gasteiger partial charge on any atom is -0.238 e. The zero-order chi connectivity index (χ0) is 10.6. The summed E-state index contributed by atoms with van der Waals surface area (Å²) in [5.74, 6) is 0.956. The van der Waals surface area contributed by atoms with Gasteiger partial charge in [0.2, 0.25) is 0 Å². The average Bonchev–Trinajstić information content (AvgIpc) is 2.01. The molecule has 78 valence electrons. The fourth-order valence-electron chi connectivity index (χ4n) is 1.50. The zero-order valence-corrected chi connectivity index (χ0v) is 10.6. The van der Waals surface area contributed by atoms with Crippen molar-refractivity contribution < 1.29 is 0 Å². The third-order valence-corrected chi connectivity index (χ3v) is 2.82. The molecule has 0 aromatic carbocycles. The van der Waals surface area contributed by atoms with E-state index in [1.807, 2.05) is 19.9 Å². The molecule has 0 radical (unpaired) electrons. The summed E-state index contributed by atoms with van der Waals surface area (Å²) < 4.78 is 0. The third kappa shape index (κ3) is 3.74. The van der Waals surface area contributed by atoms with Gasteiger partial charge < -0.3 is 0 Å². The lowest BCUT2D eigenvalue weighted by molar-refractivity contribution is 0.714. The largest absolute Gasteiger partial charge is 0.238 e. The molecular formula is C11H17BrN2. The minimum absolute atomic E-state index is 0.508. The second-order valence-electron chi connectivity index (χ2n) is 3.66. The van der Waals surface area contributed by atoms with Gasteiger partial charge in [-0.2, -0.15) is 0 Å². The molecule has 0 aliphatic heterocycles. The Kier molecular flexibility index (Phi) is 4.52. The van der Waals surface area contributed by atoms with Crippen LogP contribution < -0.4 is 0 Å². The predicted octanol–water partition coefficient (Wildman–Crippen LogP) is 3.20. The van der Waals surface area contributed by atoms with Crippen LogP contribution in [-0.4, -0.2) is 14.8 Å². The molecule has 1 unspecified atom stereocenters. The molecule has 1 aromatic rings. The lowest BCUT2D eigenvalue weighted by atomic mass is 10.2. The molecule has 1 rings (SSSR count). The zero-order valence-electron chi connectivity index (χ0n) is 9.05. The van der Waals surface area contributed by atoms with Gasteiger partial charge in [0.05, 0.1) is 0 Å². The van der Waals surface area contributed by atoms with Gasteiger partial charge in [0.25, 0.3) is 0 Å². The fourth-order valence-corrected chi connectivity index (χ4v) is 2.25. The van der Waals surface area contributed by atoms with Crippen LogP contribution in [-0.2, 0) is 6.42 Å². The first-order valence-corrected chi connectivity index (χ1v) is 5.98. The molecule has 0 aliphatic carbocycles. The van der Waals surface area contributed by atoms with E-state index in [-0.39, 0.29) is 0 Å². The molecule has 0 amide bonds. The Morgan fingerprint density at radius 2 is 1.86 bits per heavy atom. The SMILES string of the molecule is CCCC(Br)Cc1nc(C)cc(C)n1. The topological polar surface area (TPSA) is 25.8 Å². The molecule has 1 heterocycles. The molecule has 14 heavy (non-hydrogen) atoms. The third-order valence-electron chi connectivity index (χ3n) is 2.03. The van der Waals surface area contributed by atoms with Crippen LogP contribution in [0.3, 0.4) is 0 Å². The van der Waals surface area contributed by atoms with Gasteiger partial charge in [0.1, 0.15) is 5.82 Å². The normalized spacial score (nSPS) is 12.9. The second-order valence-corrected chi connectivity index (χ2v) is 4.95. The van der Waals surface area contributed by atoms with Gasteiger partial charge >= 0.3 is 0 Å². The Bertz CT molecular complexity index is 279. The van der Waals surface area contributed by atoms with Crippen molar-refractivity contribution in [2.24, 2.45) is 0 Å². The summed E-state index contributed by atoms with van der Waals surface area (Å²) in [4.78, 5) is 9.34. The average molecular weight is 257 g/mol. The van der Waals surface area contributed by atoms with Gasteiger partial charge in [-0.05, 0) is 26.3 Å². The van der Waals surface area contributed by atoms with Gasteiger partial charge in [0, 0.05) is 22.6 Å². The van der Waals surface area contributed by atoms with Crippen LogP contribution >= 0.6 is 15.9 Å². The van der Waals surface area contributed by atoms with E-state index in [0.29, 0.717) is 4.83 Å². The standard InChI is InChI=1S/C11H17BrN2/c1-4-5-10(12)7-11-13-8(2)6-9(3)14-11/h6,10H,4-5,7H2,1-3H3. The van der Waals surface area contributed by atoms with E-state index in [9.17, 15) is 0 Å². The number of aryl methyl sites for hydroxylation is 2. The molecule has 2 nitrogen and oxygen atoms in total. The predicted molar refractivity (Wildman–Crippen MR) is 62.8 cm³/mol. The van der Waals surface area contributed by atoms with Gasteiger partial charge in [0.15, 0.2) is 0 Å². The van der Waals surface area contributed by atoms with E-state index >= 15 is 0 Å². The van der Waals surface area contributed by atoms with Crippen molar-refractivity contribution in [3.05, 3.63) is 23.3 Å². The maximum absolute atomic E-state index is 4.42. The number of halogens is 1. The summed E-state index contributed by atoms with van der Waals surface area (Å²) in [5.41, 5.74) is 2.12. The number of nitrogens with zero attached hydrogens (tertiary/aromatic N) is 2. The van der Waals surface area contributed by atoms with Gasteiger partial charge in [-0.3, -0.25) is 0 Å². The molecule has 1 aromatic heterocycles. The van der Waals surface area contributed by atoms with E-state index in [4.69, 9.17) is 0 Å². The lowest BCUT2D eigenvalue weighted by Gasteiger charge is -2.07. The van der Waals surface area contributed by atoms with Gasteiger partial charge in [-0.1, -0.05) is 29.3 Å². The monoisotopic (exact) mass is 256 g/mol. The van der Waals surface area contributed by atoms with Crippen LogP contribution in [0, 0.1) is 13.8 Å². The lowest BCUT2D eigenvalue weighted by Crippen LogP contribution is -2.07. The maximum atomic E-state index is 4.42. The van der Waals surface area contributed by atoms with Crippen molar-refractivity contribution in [2.45, 2.75) is 44.9 Å². The number of alkyl halides is 1. The van der Waals surface area contributed by atoms with Crippen molar-refractivity contribution in [2.75, 3.05) is 0 Å².